The summed E-state index contributed by atoms with van der Waals surface area (Å²) in [4.78, 5) is 26.3. The van der Waals surface area contributed by atoms with Gasteiger partial charge in [-0.05, 0) is 36.5 Å². The van der Waals surface area contributed by atoms with Crippen LogP contribution in [0.1, 0.15) is 39.2 Å². The third kappa shape index (κ3) is 5.41. The van der Waals surface area contributed by atoms with Gasteiger partial charge in [0.1, 0.15) is 11.3 Å². The molecule has 0 spiro atoms. The van der Waals surface area contributed by atoms with Crippen LogP contribution in [-0.2, 0) is 21.1 Å². The summed E-state index contributed by atoms with van der Waals surface area (Å²) in [5.74, 6) is 0.518. The number of aryl methyl sites for hydroxylation is 1. The highest BCUT2D eigenvalue weighted by atomic mass is 32.2. The average molecular weight is 436 g/mol. The van der Waals surface area contributed by atoms with E-state index < -0.39 is 15.5 Å². The normalized spacial score (nSPS) is 18.1. The lowest BCUT2D eigenvalue weighted by atomic mass is 10.1. The highest BCUT2D eigenvalue weighted by molar-refractivity contribution is 7.91. The summed E-state index contributed by atoms with van der Waals surface area (Å²) in [5, 5.41) is 0.854. The van der Waals surface area contributed by atoms with Gasteiger partial charge >= 0.3 is 5.63 Å². The lowest BCUT2D eigenvalue weighted by molar-refractivity contribution is -0.135. The molecule has 0 bridgehead atoms. The molecule has 0 saturated carbocycles. The van der Waals surface area contributed by atoms with Gasteiger partial charge in [0.05, 0.1) is 11.5 Å². The molecule has 1 aliphatic heterocycles. The van der Waals surface area contributed by atoms with E-state index in [1.807, 2.05) is 26.8 Å². The van der Waals surface area contributed by atoms with Crippen LogP contribution < -0.4 is 10.4 Å². The monoisotopic (exact) mass is 435 g/mol. The molecular formula is C22H29NO6S. The Morgan fingerprint density at radius 2 is 2.07 bits per heavy atom. The van der Waals surface area contributed by atoms with Gasteiger partial charge in [0.15, 0.2) is 16.4 Å². The maximum atomic E-state index is 12.8. The van der Waals surface area contributed by atoms with Gasteiger partial charge in [-0.15, -0.1) is 0 Å². The molecule has 2 heterocycles. The van der Waals surface area contributed by atoms with Crippen molar-refractivity contribution in [3.63, 3.8) is 0 Å². The molecule has 0 N–H and O–H groups in total. The Bertz CT molecular complexity index is 1070. The van der Waals surface area contributed by atoms with Gasteiger partial charge in [0.25, 0.3) is 5.91 Å². The van der Waals surface area contributed by atoms with Crippen LogP contribution >= 0.6 is 0 Å². The molecular weight excluding hydrogens is 406 g/mol. The number of carbonyl (C=O) groups is 1. The van der Waals surface area contributed by atoms with Crippen molar-refractivity contribution in [2.75, 3.05) is 24.7 Å². The maximum absolute atomic E-state index is 12.8. The minimum Gasteiger partial charge on any atom is -0.484 e. The van der Waals surface area contributed by atoms with Crippen molar-refractivity contribution in [3.8, 4) is 5.75 Å². The van der Waals surface area contributed by atoms with Crippen molar-refractivity contribution in [1.82, 2.24) is 4.90 Å². The molecule has 3 rings (SSSR count). The number of ether oxygens (including phenoxy) is 1. The van der Waals surface area contributed by atoms with E-state index in [0.29, 0.717) is 24.3 Å². The van der Waals surface area contributed by atoms with Crippen LogP contribution in [0.4, 0.5) is 0 Å². The first kappa shape index (κ1) is 22.3. The number of hydrogen-bond acceptors (Lipinski definition) is 6. The van der Waals surface area contributed by atoms with Crippen molar-refractivity contribution in [1.29, 1.82) is 0 Å². The first-order valence-electron chi connectivity index (χ1n) is 10.4. The zero-order chi connectivity index (χ0) is 21.9. The van der Waals surface area contributed by atoms with Crippen LogP contribution in [0, 0.1) is 5.92 Å². The van der Waals surface area contributed by atoms with Crippen molar-refractivity contribution >= 4 is 26.7 Å². The van der Waals surface area contributed by atoms with Crippen LogP contribution in [0.15, 0.2) is 33.5 Å². The second kappa shape index (κ2) is 9.20. The first-order valence-corrected chi connectivity index (χ1v) is 12.2. The fourth-order valence-electron chi connectivity index (χ4n) is 3.87. The second-order valence-electron chi connectivity index (χ2n) is 8.28. The van der Waals surface area contributed by atoms with Gasteiger partial charge < -0.3 is 14.1 Å². The van der Waals surface area contributed by atoms with E-state index >= 15 is 0 Å². The molecule has 0 aliphatic carbocycles. The predicted molar refractivity (Wildman–Crippen MR) is 116 cm³/mol. The zero-order valence-electron chi connectivity index (χ0n) is 17.7. The Balaban J connectivity index is 1.74. The summed E-state index contributed by atoms with van der Waals surface area (Å²) in [7, 11) is -3.09. The molecule has 1 aromatic heterocycles. The number of amides is 1. The summed E-state index contributed by atoms with van der Waals surface area (Å²) in [6.07, 6.45) is 2.14. The van der Waals surface area contributed by atoms with E-state index in [2.05, 4.69) is 0 Å². The van der Waals surface area contributed by atoms with E-state index in [9.17, 15) is 18.0 Å². The number of rotatable bonds is 8. The van der Waals surface area contributed by atoms with E-state index in [0.717, 1.165) is 23.8 Å². The van der Waals surface area contributed by atoms with Gasteiger partial charge in [0, 0.05) is 30.1 Å². The maximum Gasteiger partial charge on any atom is 0.336 e. The molecule has 1 aromatic carbocycles. The average Bonchev–Trinajstić information content (AvgIpc) is 3.03. The summed E-state index contributed by atoms with van der Waals surface area (Å²) < 4.78 is 34.7. The molecule has 8 heteroatoms. The molecule has 7 nitrogen and oxygen atoms in total. The fraction of sp³-hybridized carbons (Fsp3) is 0.545. The van der Waals surface area contributed by atoms with Crippen LogP contribution in [0.5, 0.6) is 5.75 Å². The zero-order valence-corrected chi connectivity index (χ0v) is 18.5. The van der Waals surface area contributed by atoms with Crippen molar-refractivity contribution < 1.29 is 22.4 Å². The largest absolute Gasteiger partial charge is 0.484 e. The fourth-order valence-corrected chi connectivity index (χ4v) is 5.60. The van der Waals surface area contributed by atoms with Crippen LogP contribution in [-0.4, -0.2) is 49.9 Å². The minimum atomic E-state index is -3.09. The van der Waals surface area contributed by atoms with Gasteiger partial charge in [-0.2, -0.15) is 0 Å². The Labute approximate surface area is 176 Å². The van der Waals surface area contributed by atoms with Crippen molar-refractivity contribution in [2.45, 2.75) is 46.1 Å². The van der Waals surface area contributed by atoms with Crippen LogP contribution in [0.2, 0.25) is 0 Å². The highest BCUT2D eigenvalue weighted by Gasteiger charge is 2.35. The van der Waals surface area contributed by atoms with Gasteiger partial charge in [-0.3, -0.25) is 4.79 Å². The molecule has 0 radical (unpaired) electrons. The highest BCUT2D eigenvalue weighted by Crippen LogP contribution is 2.24. The van der Waals surface area contributed by atoms with E-state index in [4.69, 9.17) is 9.15 Å². The Kier molecular flexibility index (Phi) is 6.85. The number of hydrogen-bond donors (Lipinski definition) is 0. The smallest absolute Gasteiger partial charge is 0.336 e. The second-order valence-corrected chi connectivity index (χ2v) is 10.5. The summed E-state index contributed by atoms with van der Waals surface area (Å²) in [5.41, 5.74) is 0.943. The summed E-state index contributed by atoms with van der Waals surface area (Å²) in [6.45, 7) is 6.30. The SMILES string of the molecule is CCCc1cc(=O)oc2cc(OCC(=O)N(CC(C)C)C3CCS(=O)(=O)C3)ccc12. The van der Waals surface area contributed by atoms with Crippen molar-refractivity contribution in [2.24, 2.45) is 5.92 Å². The summed E-state index contributed by atoms with van der Waals surface area (Å²) >= 11 is 0. The number of sulfone groups is 1. The molecule has 1 fully saturated rings. The molecule has 1 aliphatic rings. The molecule has 1 atom stereocenters. The number of benzene rings is 1. The number of fused-ring (bicyclic) bond motifs is 1. The molecule has 1 saturated heterocycles. The van der Waals surface area contributed by atoms with E-state index in [1.54, 1.807) is 17.0 Å². The lowest BCUT2D eigenvalue weighted by Gasteiger charge is -2.29. The molecule has 164 valence electrons. The standard InChI is InChI=1S/C22H29NO6S/c1-4-5-16-10-22(25)29-20-11-18(6-7-19(16)20)28-13-21(24)23(12-15(2)3)17-8-9-30(26,27)14-17/h6-7,10-11,15,17H,4-5,8-9,12-14H2,1-3H3. The summed E-state index contributed by atoms with van der Waals surface area (Å²) in [6, 6.07) is 6.41. The van der Waals surface area contributed by atoms with Crippen molar-refractivity contribution in [3.05, 3.63) is 40.2 Å². The van der Waals surface area contributed by atoms with E-state index in [1.165, 1.54) is 6.07 Å². The minimum absolute atomic E-state index is 0.00674. The third-order valence-corrected chi connectivity index (χ3v) is 6.97. The topological polar surface area (TPSA) is 93.9 Å². The molecule has 1 unspecified atom stereocenters. The van der Waals surface area contributed by atoms with Crippen LogP contribution in [0.25, 0.3) is 11.0 Å². The first-order chi connectivity index (χ1) is 14.2. The van der Waals surface area contributed by atoms with Gasteiger partial charge in [0.2, 0.25) is 0 Å². The Morgan fingerprint density at radius 3 is 2.70 bits per heavy atom. The Morgan fingerprint density at radius 1 is 1.30 bits per heavy atom. The third-order valence-electron chi connectivity index (χ3n) is 5.21. The van der Waals surface area contributed by atoms with Gasteiger partial charge in [-0.25, -0.2) is 13.2 Å². The molecule has 30 heavy (non-hydrogen) atoms. The number of nitrogens with zero attached hydrogens (tertiary/aromatic N) is 1. The predicted octanol–water partition coefficient (Wildman–Crippen LogP) is 2.80. The van der Waals surface area contributed by atoms with Crippen LogP contribution in [0.3, 0.4) is 0 Å². The van der Waals surface area contributed by atoms with Gasteiger partial charge in [-0.1, -0.05) is 27.2 Å². The number of carbonyl (C=O) groups excluding carboxylic acids is 1. The molecule has 1 amide bonds. The molecule has 2 aromatic rings. The Hall–Kier alpha value is -2.35. The quantitative estimate of drug-likeness (QED) is 0.592. The lowest BCUT2D eigenvalue weighted by Crippen LogP contribution is -2.45. The van der Waals surface area contributed by atoms with E-state index in [-0.39, 0.29) is 36.0 Å².